The Morgan fingerprint density at radius 1 is 1.04 bits per heavy atom. The zero-order valence-corrected chi connectivity index (χ0v) is 17.6. The van der Waals surface area contributed by atoms with Gasteiger partial charge >= 0.3 is 0 Å². The fourth-order valence-electron chi connectivity index (χ4n) is 3.32. The van der Waals surface area contributed by atoms with Crippen LogP contribution in [0.2, 0.25) is 5.02 Å². The van der Waals surface area contributed by atoms with Crippen LogP contribution < -0.4 is 4.84 Å². The first-order valence-electron chi connectivity index (χ1n) is 10.2. The number of carbonyl (C=O) groups excluding carboxylic acids is 2. The molecule has 0 fully saturated rings. The van der Waals surface area contributed by atoms with E-state index in [1.807, 2.05) is 18.3 Å². The van der Waals surface area contributed by atoms with Crippen LogP contribution in [0.25, 0.3) is 0 Å². The topological polar surface area (TPSA) is 48.3 Å². The summed E-state index contributed by atoms with van der Waals surface area (Å²) in [6.07, 6.45) is 10.5. The maximum atomic E-state index is 12.4. The summed E-state index contributed by atoms with van der Waals surface area (Å²) < 4.78 is 1.51. The van der Waals surface area contributed by atoms with Gasteiger partial charge in [0.05, 0.1) is 0 Å². The molecule has 4 nitrogen and oxygen atoms in total. The number of aldehydes is 1. The average Bonchev–Trinajstić information content (AvgIpc) is 3.05. The summed E-state index contributed by atoms with van der Waals surface area (Å²) in [6, 6.07) is 7.38. The maximum Gasteiger partial charge on any atom is 0.245 e. The van der Waals surface area contributed by atoms with E-state index in [4.69, 9.17) is 16.4 Å². The molecule has 2 rings (SSSR count). The average molecular weight is 404 g/mol. The van der Waals surface area contributed by atoms with Crippen LogP contribution in [-0.4, -0.2) is 16.8 Å². The molecule has 1 heterocycles. The van der Waals surface area contributed by atoms with Gasteiger partial charge in [0.15, 0.2) is 6.29 Å². The lowest BCUT2D eigenvalue weighted by Gasteiger charge is -2.11. The zero-order chi connectivity index (χ0) is 20.4. The van der Waals surface area contributed by atoms with Crippen molar-refractivity contribution in [2.45, 2.75) is 71.8 Å². The van der Waals surface area contributed by atoms with Crippen molar-refractivity contribution in [1.82, 2.24) is 4.73 Å². The number of aromatic nitrogens is 1. The lowest BCUT2D eigenvalue weighted by molar-refractivity contribution is -0.104. The molecule has 2 aromatic rings. The molecule has 1 aromatic carbocycles. The Bertz CT molecular complexity index is 765. The molecule has 0 atom stereocenters. The Labute approximate surface area is 172 Å². The van der Waals surface area contributed by atoms with E-state index >= 15 is 0 Å². The molecule has 1 aromatic heterocycles. The van der Waals surface area contributed by atoms with E-state index < -0.39 is 5.78 Å². The van der Waals surface area contributed by atoms with Gasteiger partial charge in [0.1, 0.15) is 12.3 Å². The van der Waals surface area contributed by atoms with Crippen molar-refractivity contribution >= 4 is 23.7 Å². The van der Waals surface area contributed by atoms with Crippen LogP contribution in [0.5, 0.6) is 0 Å². The summed E-state index contributed by atoms with van der Waals surface area (Å²) in [7, 11) is 0. The molecule has 0 spiro atoms. The fraction of sp³-hybridized carbons (Fsp3) is 0.478. The number of rotatable bonds is 13. The third-order valence-corrected chi connectivity index (χ3v) is 5.12. The Morgan fingerprint density at radius 2 is 1.68 bits per heavy atom. The minimum Gasteiger partial charge on any atom is -0.409 e. The fourth-order valence-corrected chi connectivity index (χ4v) is 3.45. The van der Waals surface area contributed by atoms with Crippen molar-refractivity contribution in [3.8, 4) is 0 Å². The second-order valence-corrected chi connectivity index (χ2v) is 7.54. The number of unbranched alkanes of at least 4 members (excludes halogenated alkanes) is 4. The van der Waals surface area contributed by atoms with Gasteiger partial charge in [-0.05, 0) is 54.5 Å². The summed E-state index contributed by atoms with van der Waals surface area (Å²) in [5.74, 6) is -0.524. The van der Waals surface area contributed by atoms with Crippen LogP contribution in [0.15, 0.2) is 30.5 Å². The van der Waals surface area contributed by atoms with Crippen LogP contribution in [0, 0.1) is 0 Å². The zero-order valence-electron chi connectivity index (χ0n) is 16.9. The van der Waals surface area contributed by atoms with Crippen molar-refractivity contribution in [3.05, 3.63) is 57.9 Å². The molecule has 0 radical (unpaired) electrons. The molecule has 0 aliphatic carbocycles. The first-order valence-corrected chi connectivity index (χ1v) is 10.6. The normalized spacial score (nSPS) is 10.8. The largest absolute Gasteiger partial charge is 0.409 e. The standard InChI is InChI=1S/C23H30ClNO3/c1-3-5-7-9-19-15-25(28-17-18-11-13-20(24)14-12-18)23(22(27)16-26)21(19)10-8-6-4-2/h11-16H,3-10,17H2,1-2H3. The SMILES string of the molecule is CCCCCc1cn(OCc2ccc(Cl)cc2)c(C(=O)C=O)c1CCCCC. The lowest BCUT2D eigenvalue weighted by Crippen LogP contribution is -2.18. The van der Waals surface area contributed by atoms with Gasteiger partial charge in [-0.2, -0.15) is 4.73 Å². The highest BCUT2D eigenvalue weighted by Gasteiger charge is 2.22. The Morgan fingerprint density at radius 3 is 2.29 bits per heavy atom. The Hall–Kier alpha value is -2.07. The predicted molar refractivity (Wildman–Crippen MR) is 113 cm³/mol. The van der Waals surface area contributed by atoms with E-state index in [-0.39, 0.29) is 0 Å². The Kier molecular flexibility index (Phi) is 9.29. The summed E-state index contributed by atoms with van der Waals surface area (Å²) in [5, 5.41) is 0.665. The number of carbonyl (C=O) groups is 2. The molecule has 0 aliphatic heterocycles. The first-order chi connectivity index (χ1) is 13.6. The summed E-state index contributed by atoms with van der Waals surface area (Å²) in [5.41, 5.74) is 3.41. The number of hydrogen-bond acceptors (Lipinski definition) is 3. The van der Waals surface area contributed by atoms with Gasteiger partial charge in [-0.25, -0.2) is 0 Å². The predicted octanol–water partition coefficient (Wildman–Crippen LogP) is 5.62. The van der Waals surface area contributed by atoms with E-state index in [1.165, 1.54) is 4.73 Å². The van der Waals surface area contributed by atoms with E-state index in [0.717, 1.165) is 68.1 Å². The first kappa shape index (κ1) is 22.2. The molecule has 0 bridgehead atoms. The van der Waals surface area contributed by atoms with E-state index in [2.05, 4.69) is 13.8 Å². The molecule has 0 amide bonds. The molecule has 0 aliphatic rings. The second-order valence-electron chi connectivity index (χ2n) is 7.10. The number of hydrogen-bond donors (Lipinski definition) is 0. The molecule has 0 saturated heterocycles. The van der Waals surface area contributed by atoms with Crippen molar-refractivity contribution in [3.63, 3.8) is 0 Å². The van der Waals surface area contributed by atoms with Crippen LogP contribution in [-0.2, 0) is 24.2 Å². The van der Waals surface area contributed by atoms with Gasteiger partial charge in [0.25, 0.3) is 0 Å². The molecule has 152 valence electrons. The lowest BCUT2D eigenvalue weighted by atomic mass is 9.98. The summed E-state index contributed by atoms with van der Waals surface area (Å²) >= 11 is 5.93. The second kappa shape index (κ2) is 11.7. The molecular formula is C23H30ClNO3. The molecular weight excluding hydrogens is 374 g/mol. The van der Waals surface area contributed by atoms with Crippen molar-refractivity contribution in [1.29, 1.82) is 0 Å². The number of Topliss-reactive ketones (excluding diaryl/α,β-unsaturated/α-hetero) is 1. The van der Waals surface area contributed by atoms with Crippen LogP contribution in [0.1, 0.15) is 79.6 Å². The number of benzene rings is 1. The highest BCUT2D eigenvalue weighted by atomic mass is 35.5. The minimum absolute atomic E-state index is 0.299. The van der Waals surface area contributed by atoms with E-state index in [0.29, 0.717) is 23.6 Å². The van der Waals surface area contributed by atoms with Gasteiger partial charge in [-0.3, -0.25) is 9.59 Å². The summed E-state index contributed by atoms with van der Waals surface area (Å²) in [4.78, 5) is 29.6. The molecule has 0 saturated carbocycles. The van der Waals surface area contributed by atoms with Crippen LogP contribution in [0.4, 0.5) is 0 Å². The van der Waals surface area contributed by atoms with Gasteiger partial charge in [0, 0.05) is 11.2 Å². The summed E-state index contributed by atoms with van der Waals surface area (Å²) in [6.45, 7) is 4.62. The third-order valence-electron chi connectivity index (χ3n) is 4.87. The number of halogens is 1. The van der Waals surface area contributed by atoms with Gasteiger partial charge in [0.2, 0.25) is 5.78 Å². The van der Waals surface area contributed by atoms with Crippen molar-refractivity contribution < 1.29 is 14.4 Å². The number of aryl methyl sites for hydroxylation is 1. The maximum absolute atomic E-state index is 12.4. The number of ketones is 1. The van der Waals surface area contributed by atoms with Gasteiger partial charge in [-0.15, -0.1) is 0 Å². The molecule has 5 heteroatoms. The van der Waals surface area contributed by atoms with Crippen LogP contribution in [0.3, 0.4) is 0 Å². The number of nitrogens with zero attached hydrogens (tertiary/aromatic N) is 1. The monoisotopic (exact) mass is 403 g/mol. The van der Waals surface area contributed by atoms with Gasteiger partial charge < -0.3 is 4.84 Å². The van der Waals surface area contributed by atoms with E-state index in [1.54, 1.807) is 12.1 Å². The minimum atomic E-state index is -0.524. The Balaban J connectivity index is 2.29. The molecule has 0 unspecified atom stereocenters. The molecule has 28 heavy (non-hydrogen) atoms. The van der Waals surface area contributed by atoms with E-state index in [9.17, 15) is 9.59 Å². The highest BCUT2D eigenvalue weighted by Crippen LogP contribution is 2.23. The van der Waals surface area contributed by atoms with Crippen molar-refractivity contribution in [2.24, 2.45) is 0 Å². The quantitative estimate of drug-likeness (QED) is 0.189. The smallest absolute Gasteiger partial charge is 0.245 e. The third kappa shape index (κ3) is 6.23. The van der Waals surface area contributed by atoms with Crippen molar-refractivity contribution in [2.75, 3.05) is 0 Å². The molecule has 0 N–H and O–H groups in total. The van der Waals surface area contributed by atoms with Crippen LogP contribution >= 0.6 is 11.6 Å². The highest BCUT2D eigenvalue weighted by molar-refractivity contribution is 6.33. The van der Waals surface area contributed by atoms with Gasteiger partial charge in [-0.1, -0.05) is 63.3 Å².